The van der Waals surface area contributed by atoms with Crippen LogP contribution in [0.15, 0.2) is 30.3 Å². The summed E-state index contributed by atoms with van der Waals surface area (Å²) in [4.78, 5) is 0. The Hall–Kier alpha value is -0.900. The van der Waals surface area contributed by atoms with Crippen LogP contribution in [0.5, 0.6) is 0 Å². The van der Waals surface area contributed by atoms with Crippen molar-refractivity contribution in [3.05, 3.63) is 35.9 Å². The van der Waals surface area contributed by atoms with Gasteiger partial charge in [0.15, 0.2) is 12.1 Å². The van der Waals surface area contributed by atoms with E-state index >= 15 is 0 Å². The number of hydrogen-bond acceptors (Lipinski definition) is 3. The van der Waals surface area contributed by atoms with Gasteiger partial charge in [-0.25, -0.2) is 0 Å². The molecule has 1 aromatic rings. The fraction of sp³-hybridized carbons (Fsp3) is 0.684. The van der Waals surface area contributed by atoms with Crippen LogP contribution in [0.4, 0.5) is 0 Å². The van der Waals surface area contributed by atoms with Gasteiger partial charge in [0.05, 0.1) is 6.61 Å². The molecule has 1 saturated carbocycles. The third kappa shape index (κ3) is 3.89. The van der Waals surface area contributed by atoms with E-state index < -0.39 is 0 Å². The fourth-order valence-corrected chi connectivity index (χ4v) is 3.79. The summed E-state index contributed by atoms with van der Waals surface area (Å²) in [5.74, 6) is 0.342. The second kappa shape index (κ2) is 7.58. The van der Waals surface area contributed by atoms with E-state index in [9.17, 15) is 0 Å². The molecule has 0 bridgehead atoms. The molecule has 0 N–H and O–H groups in total. The molecule has 0 amide bonds. The van der Waals surface area contributed by atoms with E-state index in [0.717, 1.165) is 26.1 Å². The highest BCUT2D eigenvalue weighted by Crippen LogP contribution is 2.47. The molecule has 1 heterocycles. The van der Waals surface area contributed by atoms with E-state index in [1.54, 1.807) is 0 Å². The highest BCUT2D eigenvalue weighted by atomic mass is 16.9. The van der Waals surface area contributed by atoms with Gasteiger partial charge in [0.1, 0.15) is 0 Å². The van der Waals surface area contributed by atoms with Crippen LogP contribution in [0.2, 0.25) is 0 Å². The molecule has 3 heteroatoms. The molecule has 22 heavy (non-hydrogen) atoms. The average molecular weight is 304 g/mol. The minimum absolute atomic E-state index is 0.00481. The first-order chi connectivity index (χ1) is 10.8. The highest BCUT2D eigenvalue weighted by molar-refractivity contribution is 5.13. The number of hydrogen-bond donors (Lipinski definition) is 0. The Morgan fingerprint density at radius 2 is 1.95 bits per heavy atom. The fourth-order valence-electron chi connectivity index (χ4n) is 3.79. The summed E-state index contributed by atoms with van der Waals surface area (Å²) in [6, 6.07) is 10.4. The topological polar surface area (TPSA) is 27.7 Å². The molecule has 1 aromatic carbocycles. The van der Waals surface area contributed by atoms with Gasteiger partial charge in [-0.05, 0) is 38.2 Å². The quantitative estimate of drug-likeness (QED) is 0.686. The summed E-state index contributed by atoms with van der Waals surface area (Å²) in [7, 11) is 0. The van der Waals surface area contributed by atoms with Crippen molar-refractivity contribution in [2.45, 2.75) is 70.6 Å². The minimum Gasteiger partial charge on any atom is -0.377 e. The van der Waals surface area contributed by atoms with Gasteiger partial charge >= 0.3 is 0 Å². The van der Waals surface area contributed by atoms with E-state index in [0.29, 0.717) is 5.92 Å². The molecule has 0 radical (unpaired) electrons. The van der Waals surface area contributed by atoms with Crippen molar-refractivity contribution in [1.29, 1.82) is 0 Å². The maximum atomic E-state index is 5.96. The Bertz CT molecular complexity index is 434. The van der Waals surface area contributed by atoms with Crippen LogP contribution in [-0.2, 0) is 20.8 Å². The van der Waals surface area contributed by atoms with Crippen molar-refractivity contribution in [2.24, 2.45) is 5.92 Å². The Morgan fingerprint density at radius 3 is 2.73 bits per heavy atom. The summed E-state index contributed by atoms with van der Waals surface area (Å²) in [6.07, 6.45) is 8.39. The summed E-state index contributed by atoms with van der Waals surface area (Å²) in [6.45, 7) is 3.55. The predicted octanol–water partition coefficient (Wildman–Crippen LogP) is 4.65. The predicted molar refractivity (Wildman–Crippen MR) is 86.3 cm³/mol. The number of ether oxygens (including phenoxy) is 3. The Morgan fingerprint density at radius 1 is 1.14 bits per heavy atom. The van der Waals surface area contributed by atoms with Crippen molar-refractivity contribution >= 4 is 0 Å². The van der Waals surface area contributed by atoms with Crippen molar-refractivity contribution in [1.82, 2.24) is 0 Å². The van der Waals surface area contributed by atoms with E-state index in [1.807, 2.05) is 13.0 Å². The molecular formula is C19H28O3. The second-order valence-electron chi connectivity index (χ2n) is 6.59. The van der Waals surface area contributed by atoms with Crippen LogP contribution >= 0.6 is 0 Å². The van der Waals surface area contributed by atoms with Gasteiger partial charge < -0.3 is 14.2 Å². The lowest BCUT2D eigenvalue weighted by Gasteiger charge is -2.53. The maximum Gasteiger partial charge on any atom is 0.177 e. The third-order valence-electron chi connectivity index (χ3n) is 4.88. The zero-order valence-electron chi connectivity index (χ0n) is 13.6. The zero-order chi connectivity index (χ0) is 15.3. The lowest BCUT2D eigenvalue weighted by Crippen LogP contribution is -2.58. The highest BCUT2D eigenvalue weighted by Gasteiger charge is 2.51. The lowest BCUT2D eigenvalue weighted by atomic mass is 9.79. The van der Waals surface area contributed by atoms with Crippen molar-refractivity contribution in [3.63, 3.8) is 0 Å². The van der Waals surface area contributed by atoms with Crippen LogP contribution in [0, 0.1) is 5.92 Å². The summed E-state index contributed by atoms with van der Waals surface area (Å²) < 4.78 is 17.7. The largest absolute Gasteiger partial charge is 0.377 e. The van der Waals surface area contributed by atoms with E-state index in [1.165, 1.54) is 37.7 Å². The van der Waals surface area contributed by atoms with Gasteiger partial charge in [-0.15, -0.1) is 0 Å². The Kier molecular flexibility index (Phi) is 5.51. The van der Waals surface area contributed by atoms with Gasteiger partial charge in [-0.2, -0.15) is 0 Å². The van der Waals surface area contributed by atoms with Crippen LogP contribution in [0.3, 0.4) is 0 Å². The molecule has 3 rings (SSSR count). The third-order valence-corrected chi connectivity index (χ3v) is 4.88. The zero-order valence-corrected chi connectivity index (χ0v) is 13.6. The second-order valence-corrected chi connectivity index (χ2v) is 6.59. The molecule has 1 spiro atoms. The summed E-state index contributed by atoms with van der Waals surface area (Å²) in [5.41, 5.74) is 1.25. The maximum absolute atomic E-state index is 5.96. The minimum atomic E-state index is -0.234. The molecule has 2 aliphatic rings. The van der Waals surface area contributed by atoms with Crippen LogP contribution in [0.1, 0.15) is 57.4 Å². The first-order valence-corrected chi connectivity index (χ1v) is 8.76. The molecule has 1 atom stereocenters. The summed E-state index contributed by atoms with van der Waals surface area (Å²) in [5, 5.41) is 0. The molecular weight excluding hydrogens is 276 g/mol. The normalized spacial score (nSPS) is 31.1. The van der Waals surface area contributed by atoms with Gasteiger partial charge in [0.25, 0.3) is 0 Å². The molecule has 122 valence electrons. The first-order valence-electron chi connectivity index (χ1n) is 8.76. The molecule has 1 aliphatic carbocycles. The molecule has 2 fully saturated rings. The van der Waals surface area contributed by atoms with Crippen LogP contribution < -0.4 is 0 Å². The van der Waals surface area contributed by atoms with Crippen LogP contribution in [0.25, 0.3) is 0 Å². The van der Waals surface area contributed by atoms with Gasteiger partial charge in [0, 0.05) is 18.9 Å². The SMILES string of the molecule is CC1OC2(CCCCC2CCCCOCc2ccccc2)O1. The smallest absolute Gasteiger partial charge is 0.177 e. The summed E-state index contributed by atoms with van der Waals surface area (Å²) >= 11 is 0. The average Bonchev–Trinajstić information content (AvgIpc) is 2.52. The number of unbranched alkanes of at least 4 members (excludes halogenated alkanes) is 1. The molecule has 1 aliphatic heterocycles. The monoisotopic (exact) mass is 304 g/mol. The van der Waals surface area contributed by atoms with E-state index in [4.69, 9.17) is 14.2 Å². The standard InChI is InChI=1S/C19H28O3/c1-16-21-19(22-16)13-7-5-11-18(19)12-6-8-14-20-15-17-9-3-2-4-10-17/h2-4,9-10,16,18H,5-8,11-15H2,1H3. The number of benzene rings is 1. The van der Waals surface area contributed by atoms with Gasteiger partial charge in [-0.1, -0.05) is 43.2 Å². The lowest BCUT2D eigenvalue weighted by molar-refractivity contribution is -0.470. The molecule has 1 saturated heterocycles. The van der Waals surface area contributed by atoms with Crippen molar-refractivity contribution in [3.8, 4) is 0 Å². The Labute approximate surface area is 134 Å². The molecule has 1 unspecified atom stereocenters. The van der Waals surface area contributed by atoms with E-state index in [2.05, 4.69) is 24.3 Å². The molecule has 3 nitrogen and oxygen atoms in total. The van der Waals surface area contributed by atoms with Gasteiger partial charge in [-0.3, -0.25) is 0 Å². The number of rotatable bonds is 7. The Balaban J connectivity index is 1.31. The van der Waals surface area contributed by atoms with E-state index in [-0.39, 0.29) is 12.1 Å². The van der Waals surface area contributed by atoms with Gasteiger partial charge in [0.2, 0.25) is 0 Å². The van der Waals surface area contributed by atoms with Crippen LogP contribution in [-0.4, -0.2) is 18.7 Å². The molecule has 0 aromatic heterocycles. The van der Waals surface area contributed by atoms with Crippen molar-refractivity contribution in [2.75, 3.05) is 6.61 Å². The first kappa shape index (κ1) is 16.0. The van der Waals surface area contributed by atoms with Crippen molar-refractivity contribution < 1.29 is 14.2 Å².